The lowest BCUT2D eigenvalue weighted by Crippen LogP contribution is -2.64. The number of esters is 1. The van der Waals surface area contributed by atoms with Gasteiger partial charge in [-0.05, 0) is 63.0 Å². The van der Waals surface area contributed by atoms with Gasteiger partial charge in [0.05, 0.1) is 29.5 Å². The number of carbonyl (C=O) groups is 1. The lowest BCUT2D eigenvalue weighted by atomic mass is 9.70. The van der Waals surface area contributed by atoms with E-state index in [0.717, 1.165) is 27.6 Å². The molecule has 9 heterocycles. The summed E-state index contributed by atoms with van der Waals surface area (Å²) in [5.74, 6) is 1.86. The van der Waals surface area contributed by atoms with Crippen LogP contribution in [0.5, 0.6) is 11.5 Å². The molecule has 7 atom stereocenters. The Balaban J connectivity index is 1.00. The van der Waals surface area contributed by atoms with Crippen molar-refractivity contribution in [2.24, 2.45) is 11.5 Å². The van der Waals surface area contributed by atoms with E-state index >= 15 is 0 Å². The molecule has 6 aliphatic heterocycles. The Kier molecular flexibility index (Phi) is 8.23. The van der Waals surface area contributed by atoms with E-state index in [0.29, 0.717) is 60.3 Å². The molecule has 0 saturated carbocycles. The van der Waals surface area contributed by atoms with Gasteiger partial charge in [0.25, 0.3) is 0 Å². The second kappa shape index (κ2) is 12.9. The summed E-state index contributed by atoms with van der Waals surface area (Å²) < 4.78 is 27.5. The Labute approximate surface area is 336 Å². The van der Waals surface area contributed by atoms with Gasteiger partial charge in [0.15, 0.2) is 22.2 Å². The highest BCUT2D eigenvalue weighted by atomic mass is 33.1. The van der Waals surface area contributed by atoms with Gasteiger partial charge in [0.1, 0.15) is 34.0 Å². The number of epoxide rings is 1. The number of hydrogen-bond acceptors (Lipinski definition) is 13. The summed E-state index contributed by atoms with van der Waals surface area (Å²) in [6, 6.07) is 4.79. The minimum absolute atomic E-state index is 0.0446. The average molecular weight is 809 g/mol. The van der Waals surface area contributed by atoms with Crippen LogP contribution < -0.4 is 32.3 Å². The third-order valence-electron chi connectivity index (χ3n) is 12.3. The number of allylic oxidation sites excluding steroid dienone is 2. The van der Waals surface area contributed by atoms with Crippen molar-refractivity contribution in [3.8, 4) is 11.5 Å². The molecule has 2 unspecified atom stereocenters. The zero-order valence-corrected chi connectivity index (χ0v) is 33.4. The second-order valence-corrected chi connectivity index (χ2v) is 18.9. The lowest BCUT2D eigenvalue weighted by molar-refractivity contribution is -0.186. The van der Waals surface area contributed by atoms with Gasteiger partial charge in [-0.25, -0.2) is 4.79 Å². The molecule has 11 rings (SSSR count). The molecule has 1 spiro atoms. The minimum atomic E-state index is -1.31. The topological polar surface area (TPSA) is 195 Å². The number of benzene rings is 1. The SMILES string of the molecule is Cc1cc(=O)c2c(O)c3c(cc2o1)O[C@@]1(C)C[C@@H]2C=C[C@]1(C3)OC(=O)[C@@]1(C)O[C@@H]1CCC1=CC(NC(N)=C1)C1=CC(Cn3cc4cc[nH]c4c3)NC(N)=C1CSS2. The number of nitrogens with zero attached hydrogens (tertiary/aromatic N) is 1. The first-order valence-electron chi connectivity index (χ1n) is 19.2. The van der Waals surface area contributed by atoms with E-state index in [1.54, 1.807) is 41.5 Å². The zero-order valence-electron chi connectivity index (χ0n) is 31.7. The molecule has 0 radical (unpaired) electrons. The molecule has 1 aliphatic carbocycles. The summed E-state index contributed by atoms with van der Waals surface area (Å²) in [6.07, 6.45) is 17.9. The normalized spacial score (nSPS) is 32.2. The molecule has 7 aliphatic rings. The number of H-pyrrole nitrogens is 1. The van der Waals surface area contributed by atoms with E-state index in [2.05, 4.69) is 56.9 Å². The molecular formula is C42H44N6O7S2. The van der Waals surface area contributed by atoms with E-state index in [9.17, 15) is 14.7 Å². The smallest absolute Gasteiger partial charge is 0.341 e. The van der Waals surface area contributed by atoms with E-state index < -0.39 is 22.8 Å². The molecule has 13 nitrogen and oxygen atoms in total. The predicted molar refractivity (Wildman–Crippen MR) is 220 cm³/mol. The number of fused-ring (bicyclic) bond motifs is 7. The zero-order chi connectivity index (χ0) is 39.4. The number of rotatable bonds is 2. The molecule has 1 aromatic carbocycles. The van der Waals surface area contributed by atoms with Crippen molar-refractivity contribution in [1.29, 1.82) is 0 Å². The van der Waals surface area contributed by atoms with Gasteiger partial charge in [-0.15, -0.1) is 0 Å². The van der Waals surface area contributed by atoms with E-state index in [1.807, 2.05) is 25.3 Å². The van der Waals surface area contributed by atoms with Gasteiger partial charge in [0, 0.05) is 77.6 Å². The molecule has 3 aromatic heterocycles. The quantitative estimate of drug-likeness (QED) is 0.0671. The molecular weight excluding hydrogens is 765 g/mol. The predicted octanol–water partition coefficient (Wildman–Crippen LogP) is 5.19. The first-order chi connectivity index (χ1) is 27.3. The number of nitrogens with one attached hydrogen (secondary N) is 3. The number of aryl methyl sites for hydroxylation is 1. The molecule has 8 N–H and O–H groups in total. The Hall–Kier alpha value is -5.12. The fourth-order valence-corrected chi connectivity index (χ4v) is 11.8. The van der Waals surface area contributed by atoms with Crippen LogP contribution >= 0.6 is 21.6 Å². The molecule has 57 heavy (non-hydrogen) atoms. The van der Waals surface area contributed by atoms with Crippen molar-refractivity contribution in [3.63, 3.8) is 0 Å². The van der Waals surface area contributed by atoms with Crippen LogP contribution in [-0.4, -0.2) is 66.6 Å². The molecule has 4 aromatic rings. The third kappa shape index (κ3) is 6.04. The van der Waals surface area contributed by atoms with Crippen molar-refractivity contribution < 1.29 is 28.5 Å². The maximum atomic E-state index is 14.2. The van der Waals surface area contributed by atoms with Gasteiger partial charge in [-0.2, -0.15) is 0 Å². The summed E-state index contributed by atoms with van der Waals surface area (Å²) in [5.41, 5.74) is 14.3. The average Bonchev–Trinajstić information content (AvgIpc) is 3.40. The maximum absolute atomic E-state index is 14.2. The second-order valence-electron chi connectivity index (χ2n) is 16.3. The van der Waals surface area contributed by atoms with E-state index in [-0.39, 0.29) is 52.0 Å². The number of dihydropyridines is 2. The molecule has 0 amide bonds. The highest BCUT2D eigenvalue weighted by molar-refractivity contribution is 8.77. The highest BCUT2D eigenvalue weighted by Gasteiger charge is 2.64. The number of aromatic nitrogens is 2. The van der Waals surface area contributed by atoms with Gasteiger partial charge in [0.2, 0.25) is 0 Å². The number of carbonyl (C=O) groups excluding carboxylic acids is 1. The van der Waals surface area contributed by atoms with Gasteiger partial charge in [-0.1, -0.05) is 39.8 Å². The summed E-state index contributed by atoms with van der Waals surface area (Å²) in [7, 11) is 3.38. The van der Waals surface area contributed by atoms with Crippen LogP contribution in [0.25, 0.3) is 21.9 Å². The van der Waals surface area contributed by atoms with E-state index in [1.165, 1.54) is 6.07 Å². The van der Waals surface area contributed by atoms with Gasteiger partial charge in [-0.3, -0.25) is 4.79 Å². The molecule has 1 saturated heterocycles. The number of aromatic hydroxyl groups is 1. The number of aromatic amines is 1. The van der Waals surface area contributed by atoms with Crippen molar-refractivity contribution in [2.45, 2.75) is 93.2 Å². The first-order valence-corrected chi connectivity index (χ1v) is 21.6. The van der Waals surface area contributed by atoms with Gasteiger partial charge >= 0.3 is 5.97 Å². The van der Waals surface area contributed by atoms with Crippen LogP contribution in [0.15, 0.2) is 105 Å². The molecule has 4 bridgehead atoms. The van der Waals surface area contributed by atoms with Gasteiger partial charge < -0.3 is 55.4 Å². The fourth-order valence-electron chi connectivity index (χ4n) is 9.14. The maximum Gasteiger partial charge on any atom is 0.341 e. The fraction of sp³-hybridized carbons (Fsp3) is 0.381. The number of hydrogen-bond donors (Lipinski definition) is 6. The number of phenolic OH excluding ortho intramolecular Hbond substituents is 1. The first kappa shape index (κ1) is 36.2. The van der Waals surface area contributed by atoms with Crippen LogP contribution in [0.1, 0.15) is 44.4 Å². The lowest BCUT2D eigenvalue weighted by Gasteiger charge is -2.52. The Morgan fingerprint density at radius 1 is 1.11 bits per heavy atom. The molecule has 1 fully saturated rings. The minimum Gasteiger partial charge on any atom is -0.507 e. The number of ether oxygens (including phenoxy) is 3. The van der Waals surface area contributed by atoms with Crippen LogP contribution in [0.3, 0.4) is 0 Å². The molecule has 296 valence electrons. The standard InChI is InChI=1S/C42H44N6O7S2/c1-21-10-31(49)36-33(52-21)14-32-27(37(36)50)16-42-8-6-25(15-40(42,2)53-32)57-56-20-28-26(13-24(46-38(28)44)18-48-17-23-7-9-45-30(23)19-48)29-11-22(12-35(43)47-29)4-5-34-41(3,54-34)39(51)55-42/h6-14,17,19,24-25,29,34,45-47,50H,4-5,15-16,18,20,43-44H2,1-3H3/t24?,25-,29?,34+,40-,41-,42+/m0/s1. The third-order valence-corrected chi connectivity index (χ3v) is 14.9. The Morgan fingerprint density at radius 3 is 2.81 bits per heavy atom. The highest BCUT2D eigenvalue weighted by Crippen LogP contribution is 2.54. The van der Waals surface area contributed by atoms with Crippen molar-refractivity contribution in [1.82, 2.24) is 20.2 Å². The van der Waals surface area contributed by atoms with E-state index in [4.69, 9.17) is 30.1 Å². The van der Waals surface area contributed by atoms with Crippen LogP contribution in [0, 0.1) is 6.92 Å². The summed E-state index contributed by atoms with van der Waals surface area (Å²) in [6.45, 7) is 6.07. The Morgan fingerprint density at radius 2 is 1.96 bits per heavy atom. The van der Waals surface area contributed by atoms with Crippen molar-refractivity contribution in [2.75, 3.05) is 5.75 Å². The van der Waals surface area contributed by atoms with Crippen LogP contribution in [-0.2, 0) is 27.2 Å². The monoisotopic (exact) mass is 808 g/mol. The summed E-state index contributed by atoms with van der Waals surface area (Å²) in [5, 5.41) is 19.8. The summed E-state index contributed by atoms with van der Waals surface area (Å²) >= 11 is 0. The van der Waals surface area contributed by atoms with Crippen LogP contribution in [0.4, 0.5) is 0 Å². The number of phenols is 1. The van der Waals surface area contributed by atoms with Crippen molar-refractivity contribution in [3.05, 3.63) is 117 Å². The number of nitrogens with two attached hydrogens (primary N) is 2. The van der Waals surface area contributed by atoms with Crippen LogP contribution in [0.2, 0.25) is 0 Å². The van der Waals surface area contributed by atoms with Crippen molar-refractivity contribution >= 4 is 49.4 Å². The largest absolute Gasteiger partial charge is 0.507 e. The Bertz CT molecular complexity index is 2570. The molecule has 15 heteroatoms. The summed E-state index contributed by atoms with van der Waals surface area (Å²) in [4.78, 5) is 30.6.